The van der Waals surface area contributed by atoms with E-state index in [0.29, 0.717) is 24.2 Å². The van der Waals surface area contributed by atoms with Gasteiger partial charge < -0.3 is 14.2 Å². The standard InChI is InChI=1S/C20H22N2O4/c1-14-6-7-16(26-14)8-9-19(23)24-10-11-25-20-15(12-21)13-22-18-5-3-2-4-17(18)20/h2-5,13-14,16H,6-11H2,1H3. The first-order valence-electron chi connectivity index (χ1n) is 8.89. The second-order valence-electron chi connectivity index (χ2n) is 6.38. The fourth-order valence-electron chi connectivity index (χ4n) is 3.10. The van der Waals surface area contributed by atoms with Crippen LogP contribution >= 0.6 is 0 Å². The summed E-state index contributed by atoms with van der Waals surface area (Å²) in [6, 6.07) is 9.54. The monoisotopic (exact) mass is 354 g/mol. The van der Waals surface area contributed by atoms with Gasteiger partial charge in [-0.05, 0) is 38.3 Å². The van der Waals surface area contributed by atoms with Gasteiger partial charge in [-0.15, -0.1) is 0 Å². The number of hydrogen-bond acceptors (Lipinski definition) is 6. The van der Waals surface area contributed by atoms with E-state index in [1.54, 1.807) is 0 Å². The average molecular weight is 354 g/mol. The van der Waals surface area contributed by atoms with Crippen LogP contribution in [-0.2, 0) is 14.3 Å². The van der Waals surface area contributed by atoms with Crippen LogP contribution in [-0.4, -0.2) is 36.4 Å². The molecule has 2 atom stereocenters. The number of esters is 1. The Morgan fingerprint density at radius 1 is 1.35 bits per heavy atom. The summed E-state index contributed by atoms with van der Waals surface area (Å²) in [4.78, 5) is 16.1. The van der Waals surface area contributed by atoms with Crippen LogP contribution in [0.15, 0.2) is 30.5 Å². The number of carbonyl (C=O) groups excluding carboxylic acids is 1. The molecule has 0 amide bonds. The highest BCUT2D eigenvalue weighted by atomic mass is 16.6. The van der Waals surface area contributed by atoms with Gasteiger partial charge in [0, 0.05) is 18.0 Å². The quantitative estimate of drug-likeness (QED) is 0.560. The molecule has 26 heavy (non-hydrogen) atoms. The number of aromatic nitrogens is 1. The summed E-state index contributed by atoms with van der Waals surface area (Å²) in [5.74, 6) is 0.222. The van der Waals surface area contributed by atoms with Gasteiger partial charge in [0.25, 0.3) is 0 Å². The lowest BCUT2D eigenvalue weighted by molar-refractivity contribution is -0.145. The third kappa shape index (κ3) is 4.50. The van der Waals surface area contributed by atoms with E-state index in [1.165, 1.54) is 6.20 Å². The van der Waals surface area contributed by atoms with E-state index in [-0.39, 0.29) is 31.4 Å². The minimum absolute atomic E-state index is 0.141. The zero-order valence-electron chi connectivity index (χ0n) is 14.8. The van der Waals surface area contributed by atoms with Gasteiger partial charge >= 0.3 is 5.97 Å². The molecule has 0 bridgehead atoms. The third-order valence-electron chi connectivity index (χ3n) is 4.43. The number of para-hydroxylation sites is 1. The van der Waals surface area contributed by atoms with E-state index in [4.69, 9.17) is 14.2 Å². The van der Waals surface area contributed by atoms with Crippen LogP contribution in [0.5, 0.6) is 5.75 Å². The summed E-state index contributed by atoms with van der Waals surface area (Å²) in [6.07, 6.45) is 5.03. The summed E-state index contributed by atoms with van der Waals surface area (Å²) in [5, 5.41) is 10.0. The maximum absolute atomic E-state index is 11.8. The molecule has 1 aromatic heterocycles. The normalized spacial score (nSPS) is 19.2. The van der Waals surface area contributed by atoms with Crippen LogP contribution in [0.1, 0.15) is 38.2 Å². The number of ether oxygens (including phenoxy) is 3. The SMILES string of the molecule is CC1CCC(CCC(=O)OCCOc2c(C#N)cnc3ccccc23)O1. The predicted octanol–water partition coefficient (Wildman–Crippen LogP) is 3.38. The van der Waals surface area contributed by atoms with Crippen LogP contribution < -0.4 is 4.74 Å². The summed E-state index contributed by atoms with van der Waals surface area (Å²) in [5.41, 5.74) is 1.12. The smallest absolute Gasteiger partial charge is 0.306 e. The molecule has 0 aliphatic carbocycles. The number of carbonyl (C=O) groups is 1. The highest BCUT2D eigenvalue weighted by molar-refractivity contribution is 5.87. The maximum Gasteiger partial charge on any atom is 0.306 e. The van der Waals surface area contributed by atoms with Crippen molar-refractivity contribution in [2.75, 3.05) is 13.2 Å². The molecule has 136 valence electrons. The second-order valence-corrected chi connectivity index (χ2v) is 6.38. The van der Waals surface area contributed by atoms with Crippen molar-refractivity contribution in [3.8, 4) is 11.8 Å². The molecule has 1 aliphatic heterocycles. The first-order valence-corrected chi connectivity index (χ1v) is 8.89. The van der Waals surface area contributed by atoms with Gasteiger partial charge in [-0.1, -0.05) is 12.1 Å². The molecule has 1 aliphatic rings. The lowest BCUT2D eigenvalue weighted by Crippen LogP contribution is -2.15. The number of nitriles is 1. The summed E-state index contributed by atoms with van der Waals surface area (Å²) >= 11 is 0. The van der Waals surface area contributed by atoms with E-state index >= 15 is 0 Å². The Kier molecular flexibility index (Phi) is 6.03. The first-order chi connectivity index (χ1) is 12.7. The fraction of sp³-hybridized carbons (Fsp3) is 0.450. The minimum atomic E-state index is -0.253. The van der Waals surface area contributed by atoms with Crippen molar-refractivity contribution >= 4 is 16.9 Å². The zero-order valence-corrected chi connectivity index (χ0v) is 14.8. The van der Waals surface area contributed by atoms with Gasteiger partial charge in [0.05, 0.1) is 17.7 Å². The highest BCUT2D eigenvalue weighted by Gasteiger charge is 2.22. The molecule has 1 saturated heterocycles. The summed E-state index contributed by atoms with van der Waals surface area (Å²) < 4.78 is 16.6. The van der Waals surface area contributed by atoms with Crippen LogP contribution in [0.2, 0.25) is 0 Å². The Balaban J connectivity index is 1.47. The highest BCUT2D eigenvalue weighted by Crippen LogP contribution is 2.27. The average Bonchev–Trinajstić information content (AvgIpc) is 3.08. The van der Waals surface area contributed by atoms with Crippen molar-refractivity contribution in [2.24, 2.45) is 0 Å². The molecule has 0 saturated carbocycles. The Labute approximate surface area is 152 Å². The van der Waals surface area contributed by atoms with E-state index in [2.05, 4.69) is 11.1 Å². The van der Waals surface area contributed by atoms with Crippen molar-refractivity contribution in [1.29, 1.82) is 5.26 Å². The van der Waals surface area contributed by atoms with Crippen LogP contribution in [0.3, 0.4) is 0 Å². The molecule has 6 nitrogen and oxygen atoms in total. The Hall–Kier alpha value is -2.65. The lowest BCUT2D eigenvalue weighted by atomic mass is 10.1. The van der Waals surface area contributed by atoms with E-state index in [1.807, 2.05) is 31.2 Å². The minimum Gasteiger partial charge on any atom is -0.488 e. The largest absolute Gasteiger partial charge is 0.488 e. The van der Waals surface area contributed by atoms with Gasteiger partial charge in [-0.25, -0.2) is 0 Å². The molecule has 0 spiro atoms. The van der Waals surface area contributed by atoms with Gasteiger partial charge in [0.1, 0.15) is 30.6 Å². The van der Waals surface area contributed by atoms with Crippen LogP contribution in [0.25, 0.3) is 10.9 Å². The Bertz CT molecular complexity index is 815. The second kappa shape index (κ2) is 8.63. The molecular weight excluding hydrogens is 332 g/mol. The van der Waals surface area contributed by atoms with E-state index in [9.17, 15) is 10.1 Å². The van der Waals surface area contributed by atoms with Crippen molar-refractivity contribution in [2.45, 2.75) is 44.8 Å². The van der Waals surface area contributed by atoms with E-state index in [0.717, 1.165) is 23.7 Å². The molecule has 0 N–H and O–H groups in total. The number of pyridine rings is 1. The van der Waals surface area contributed by atoms with Crippen molar-refractivity contribution in [3.05, 3.63) is 36.0 Å². The fourth-order valence-corrected chi connectivity index (χ4v) is 3.10. The summed E-state index contributed by atoms with van der Waals surface area (Å²) in [7, 11) is 0. The molecule has 2 aromatic rings. The van der Waals surface area contributed by atoms with Crippen LogP contribution in [0, 0.1) is 11.3 Å². The van der Waals surface area contributed by atoms with E-state index < -0.39 is 0 Å². The number of nitrogens with zero attached hydrogens (tertiary/aromatic N) is 2. The Morgan fingerprint density at radius 3 is 2.96 bits per heavy atom. The number of hydrogen-bond donors (Lipinski definition) is 0. The number of fused-ring (bicyclic) bond motifs is 1. The van der Waals surface area contributed by atoms with Gasteiger partial charge in [0.2, 0.25) is 0 Å². The molecule has 6 heteroatoms. The molecule has 0 radical (unpaired) electrons. The molecule has 2 heterocycles. The predicted molar refractivity (Wildman–Crippen MR) is 95.7 cm³/mol. The first kappa shape index (κ1) is 18.2. The van der Waals surface area contributed by atoms with Crippen molar-refractivity contribution < 1.29 is 19.0 Å². The third-order valence-corrected chi connectivity index (χ3v) is 4.43. The number of benzene rings is 1. The van der Waals surface area contributed by atoms with Crippen molar-refractivity contribution in [3.63, 3.8) is 0 Å². The summed E-state index contributed by atoms with van der Waals surface area (Å²) in [6.45, 7) is 2.38. The molecular formula is C20H22N2O4. The Morgan fingerprint density at radius 2 is 2.19 bits per heavy atom. The number of rotatable bonds is 7. The molecule has 2 unspecified atom stereocenters. The molecule has 1 fully saturated rings. The van der Waals surface area contributed by atoms with Crippen molar-refractivity contribution in [1.82, 2.24) is 4.98 Å². The van der Waals surface area contributed by atoms with Gasteiger partial charge in [0.15, 0.2) is 0 Å². The van der Waals surface area contributed by atoms with Gasteiger partial charge in [-0.3, -0.25) is 9.78 Å². The molecule has 3 rings (SSSR count). The lowest BCUT2D eigenvalue weighted by Gasteiger charge is -2.12. The van der Waals surface area contributed by atoms with Crippen LogP contribution in [0.4, 0.5) is 0 Å². The topological polar surface area (TPSA) is 81.4 Å². The maximum atomic E-state index is 11.8. The van der Waals surface area contributed by atoms with Gasteiger partial charge in [-0.2, -0.15) is 5.26 Å². The zero-order chi connectivity index (χ0) is 18.4. The molecule has 1 aromatic carbocycles.